The molecule has 26 heavy (non-hydrogen) atoms. The van der Waals surface area contributed by atoms with Gasteiger partial charge in [-0.1, -0.05) is 24.3 Å². The lowest BCUT2D eigenvalue weighted by atomic mass is 10.0. The minimum absolute atomic E-state index is 0.142. The van der Waals surface area contributed by atoms with E-state index in [1.807, 2.05) is 48.5 Å². The van der Waals surface area contributed by atoms with E-state index in [9.17, 15) is 13.2 Å². The number of hydrogen-bond acceptors (Lipinski definition) is 4. The predicted molar refractivity (Wildman–Crippen MR) is 101 cm³/mol. The van der Waals surface area contributed by atoms with Crippen LogP contribution in [0.5, 0.6) is 5.75 Å². The third-order valence-electron chi connectivity index (χ3n) is 4.28. The Labute approximate surface area is 153 Å². The Bertz CT molecular complexity index is 882. The molecule has 0 atom stereocenters. The van der Waals surface area contributed by atoms with Crippen LogP contribution in [-0.4, -0.2) is 38.0 Å². The molecule has 1 amide bonds. The van der Waals surface area contributed by atoms with Crippen LogP contribution in [0, 0.1) is 0 Å². The molecule has 0 radical (unpaired) electrons. The van der Waals surface area contributed by atoms with E-state index in [-0.39, 0.29) is 12.3 Å². The number of ether oxygens (including phenoxy) is 1. The Kier molecular flexibility index (Phi) is 5.58. The van der Waals surface area contributed by atoms with Crippen LogP contribution in [0.2, 0.25) is 0 Å². The van der Waals surface area contributed by atoms with Crippen molar-refractivity contribution >= 4 is 21.6 Å². The van der Waals surface area contributed by atoms with E-state index in [1.54, 1.807) is 0 Å². The number of carbonyl (C=O) groups excluding carboxylic acids is 1. The first-order chi connectivity index (χ1) is 12.4. The molecule has 2 aromatic rings. The van der Waals surface area contributed by atoms with E-state index in [0.717, 1.165) is 16.9 Å². The van der Waals surface area contributed by atoms with E-state index < -0.39 is 10.0 Å². The molecule has 0 saturated heterocycles. The lowest BCUT2D eigenvalue weighted by Crippen LogP contribution is -2.35. The number of para-hydroxylation sites is 1. The Hall–Kier alpha value is -2.38. The summed E-state index contributed by atoms with van der Waals surface area (Å²) in [5.41, 5.74) is 2.72. The van der Waals surface area contributed by atoms with Crippen molar-refractivity contribution in [1.29, 1.82) is 0 Å². The first-order valence-electron chi connectivity index (χ1n) is 8.46. The summed E-state index contributed by atoms with van der Waals surface area (Å²) in [5.74, 6) is 0.589. The summed E-state index contributed by atoms with van der Waals surface area (Å²) in [6.45, 7) is 1.13. The summed E-state index contributed by atoms with van der Waals surface area (Å²) in [4.78, 5) is 12.1. The smallest absolute Gasteiger partial charge is 0.227 e. The van der Waals surface area contributed by atoms with Gasteiger partial charge >= 0.3 is 0 Å². The summed E-state index contributed by atoms with van der Waals surface area (Å²) in [6, 6.07) is 15.0. The van der Waals surface area contributed by atoms with Gasteiger partial charge in [-0.3, -0.25) is 4.79 Å². The molecule has 0 bridgehead atoms. The normalized spacial score (nSPS) is 14.5. The SMILES string of the molecule is CS(=O)(=O)N1CCc2ccc(NC(=O)CCOc3ccccc3)cc2C1. The second-order valence-corrected chi connectivity index (χ2v) is 8.27. The standard InChI is InChI=1S/C19H22N2O4S/c1-26(23,24)21-11-9-15-7-8-17(13-16(15)14-21)20-19(22)10-12-25-18-5-3-2-4-6-18/h2-8,13H,9-12,14H2,1H3,(H,20,22). The number of fused-ring (bicyclic) bond motifs is 1. The molecular weight excluding hydrogens is 352 g/mol. The number of carbonyl (C=O) groups is 1. The fourth-order valence-corrected chi connectivity index (χ4v) is 3.69. The Balaban J connectivity index is 1.56. The molecule has 3 rings (SSSR count). The average Bonchev–Trinajstić information content (AvgIpc) is 2.61. The molecule has 0 fully saturated rings. The zero-order valence-corrected chi connectivity index (χ0v) is 15.5. The first kappa shape index (κ1) is 18.4. The van der Waals surface area contributed by atoms with Crippen LogP contribution in [-0.2, 0) is 27.8 Å². The van der Waals surface area contributed by atoms with E-state index >= 15 is 0 Å². The van der Waals surface area contributed by atoms with E-state index in [0.29, 0.717) is 31.8 Å². The fourth-order valence-electron chi connectivity index (χ4n) is 2.89. The van der Waals surface area contributed by atoms with E-state index in [4.69, 9.17) is 4.74 Å². The summed E-state index contributed by atoms with van der Waals surface area (Å²) in [5, 5.41) is 2.84. The molecule has 0 unspecified atom stereocenters. The van der Waals surface area contributed by atoms with Gasteiger partial charge in [0.25, 0.3) is 0 Å². The maximum absolute atomic E-state index is 12.1. The van der Waals surface area contributed by atoms with Crippen LogP contribution < -0.4 is 10.1 Å². The monoisotopic (exact) mass is 374 g/mol. The van der Waals surface area contributed by atoms with Crippen molar-refractivity contribution in [3.63, 3.8) is 0 Å². The van der Waals surface area contributed by atoms with Crippen molar-refractivity contribution < 1.29 is 17.9 Å². The third kappa shape index (κ3) is 4.83. The quantitative estimate of drug-likeness (QED) is 0.842. The summed E-state index contributed by atoms with van der Waals surface area (Å²) in [7, 11) is -3.21. The van der Waals surface area contributed by atoms with Gasteiger partial charge in [0.1, 0.15) is 5.75 Å². The first-order valence-corrected chi connectivity index (χ1v) is 10.3. The Morgan fingerprint density at radius 1 is 1.15 bits per heavy atom. The molecule has 7 heteroatoms. The zero-order chi connectivity index (χ0) is 18.6. The molecular formula is C19H22N2O4S. The molecule has 1 aliphatic rings. The predicted octanol–water partition coefficient (Wildman–Crippen LogP) is 2.41. The maximum atomic E-state index is 12.1. The van der Waals surface area contributed by atoms with Gasteiger partial charge in [0.2, 0.25) is 15.9 Å². The van der Waals surface area contributed by atoms with Crippen LogP contribution in [0.15, 0.2) is 48.5 Å². The van der Waals surface area contributed by atoms with Crippen LogP contribution in [0.4, 0.5) is 5.69 Å². The third-order valence-corrected chi connectivity index (χ3v) is 5.53. The van der Waals surface area contributed by atoms with Crippen LogP contribution in [0.3, 0.4) is 0 Å². The molecule has 6 nitrogen and oxygen atoms in total. The molecule has 0 spiro atoms. The largest absolute Gasteiger partial charge is 0.493 e. The van der Waals surface area contributed by atoms with E-state index in [1.165, 1.54) is 10.6 Å². The highest BCUT2D eigenvalue weighted by molar-refractivity contribution is 7.88. The van der Waals surface area contributed by atoms with Crippen molar-refractivity contribution in [1.82, 2.24) is 4.31 Å². The topological polar surface area (TPSA) is 75.7 Å². The van der Waals surface area contributed by atoms with Gasteiger partial charge in [0.15, 0.2) is 0 Å². The van der Waals surface area contributed by atoms with Gasteiger partial charge < -0.3 is 10.1 Å². The summed E-state index contributed by atoms with van der Waals surface area (Å²) < 4.78 is 30.4. The number of sulfonamides is 1. The molecule has 1 heterocycles. The maximum Gasteiger partial charge on any atom is 0.227 e. The minimum Gasteiger partial charge on any atom is -0.493 e. The number of nitrogens with one attached hydrogen (secondary N) is 1. The second-order valence-electron chi connectivity index (χ2n) is 6.29. The number of anilines is 1. The molecule has 0 saturated carbocycles. The van der Waals surface area contributed by atoms with Gasteiger partial charge in [-0.05, 0) is 41.8 Å². The zero-order valence-electron chi connectivity index (χ0n) is 14.6. The lowest BCUT2D eigenvalue weighted by molar-refractivity contribution is -0.116. The van der Waals surface area contributed by atoms with Crippen LogP contribution >= 0.6 is 0 Å². The molecule has 0 aliphatic carbocycles. The van der Waals surface area contributed by atoms with Crippen LogP contribution in [0.25, 0.3) is 0 Å². The van der Waals surface area contributed by atoms with Gasteiger partial charge in [-0.2, -0.15) is 4.31 Å². The van der Waals surface area contributed by atoms with Gasteiger partial charge in [-0.25, -0.2) is 8.42 Å². The molecule has 138 valence electrons. The molecule has 2 aromatic carbocycles. The fraction of sp³-hybridized carbons (Fsp3) is 0.316. The number of nitrogens with zero attached hydrogens (tertiary/aromatic N) is 1. The van der Waals surface area contributed by atoms with Gasteiger partial charge in [-0.15, -0.1) is 0 Å². The molecule has 1 aliphatic heterocycles. The highest BCUT2D eigenvalue weighted by Crippen LogP contribution is 2.24. The highest BCUT2D eigenvalue weighted by Gasteiger charge is 2.23. The number of amides is 1. The minimum atomic E-state index is -3.21. The van der Waals surface area contributed by atoms with Crippen molar-refractivity contribution in [3.8, 4) is 5.75 Å². The highest BCUT2D eigenvalue weighted by atomic mass is 32.2. The van der Waals surface area contributed by atoms with E-state index in [2.05, 4.69) is 5.32 Å². The van der Waals surface area contributed by atoms with Crippen LogP contribution in [0.1, 0.15) is 17.5 Å². The van der Waals surface area contributed by atoms with Gasteiger partial charge in [0.05, 0.1) is 19.3 Å². The average molecular weight is 374 g/mol. The molecule has 1 N–H and O–H groups in total. The lowest BCUT2D eigenvalue weighted by Gasteiger charge is -2.27. The summed E-state index contributed by atoms with van der Waals surface area (Å²) >= 11 is 0. The molecule has 0 aromatic heterocycles. The van der Waals surface area contributed by atoms with Crippen molar-refractivity contribution in [2.45, 2.75) is 19.4 Å². The number of benzene rings is 2. The number of rotatable bonds is 6. The van der Waals surface area contributed by atoms with Crippen molar-refractivity contribution in [2.75, 3.05) is 24.7 Å². The Morgan fingerprint density at radius 2 is 1.92 bits per heavy atom. The van der Waals surface area contributed by atoms with Crippen molar-refractivity contribution in [2.24, 2.45) is 0 Å². The summed E-state index contributed by atoms with van der Waals surface area (Å²) in [6.07, 6.45) is 2.14. The Morgan fingerprint density at radius 3 is 2.65 bits per heavy atom. The van der Waals surface area contributed by atoms with Crippen molar-refractivity contribution in [3.05, 3.63) is 59.7 Å². The van der Waals surface area contributed by atoms with Gasteiger partial charge in [0, 0.05) is 18.8 Å². The second kappa shape index (κ2) is 7.88. The number of hydrogen-bond donors (Lipinski definition) is 1.